The van der Waals surface area contributed by atoms with Crippen molar-refractivity contribution in [2.45, 2.75) is 44.9 Å². The molecule has 0 bridgehead atoms. The van der Waals surface area contributed by atoms with Crippen LogP contribution in [0.25, 0.3) is 0 Å². The van der Waals surface area contributed by atoms with Crippen molar-refractivity contribution in [2.24, 2.45) is 5.73 Å². The van der Waals surface area contributed by atoms with Gasteiger partial charge in [-0.05, 0) is 27.7 Å². The van der Waals surface area contributed by atoms with Crippen molar-refractivity contribution in [2.75, 3.05) is 13.2 Å². The highest BCUT2D eigenvalue weighted by molar-refractivity contribution is 5.68. The number of alkyl carbamates (subject to hydrolysis) is 1. The number of nitrogens with one attached hydrogen (secondary N) is 1. The summed E-state index contributed by atoms with van der Waals surface area (Å²) in [5.74, 6) is 0. The van der Waals surface area contributed by atoms with Gasteiger partial charge < -0.3 is 20.5 Å². The summed E-state index contributed by atoms with van der Waals surface area (Å²) >= 11 is 0. The molecule has 1 rings (SSSR count). The maximum absolute atomic E-state index is 11.4. The molecule has 0 spiro atoms. The van der Waals surface area contributed by atoms with E-state index in [1.54, 1.807) is 0 Å². The molecule has 1 amide bonds. The number of nitrogens with two attached hydrogens (primary N) is 1. The minimum atomic E-state index is -0.484. The van der Waals surface area contributed by atoms with Crippen LogP contribution in [0.2, 0.25) is 0 Å². The van der Waals surface area contributed by atoms with Gasteiger partial charge in [0.05, 0.1) is 24.8 Å². The number of rotatable bonds is 2. The van der Waals surface area contributed by atoms with Crippen LogP contribution in [0.15, 0.2) is 0 Å². The number of ether oxygens (including phenoxy) is 2. The van der Waals surface area contributed by atoms with E-state index in [1.807, 2.05) is 27.7 Å². The largest absolute Gasteiger partial charge is 0.444 e. The van der Waals surface area contributed by atoms with Crippen molar-refractivity contribution in [3.8, 4) is 0 Å². The monoisotopic (exact) mass is 216 g/mol. The lowest BCUT2D eigenvalue weighted by Gasteiger charge is -2.42. The highest BCUT2D eigenvalue weighted by Crippen LogP contribution is 2.18. The molecule has 0 aromatic rings. The third kappa shape index (κ3) is 3.35. The third-order valence-corrected chi connectivity index (χ3v) is 2.34. The molecule has 1 atom stereocenters. The number of hydrogen-bond donors (Lipinski definition) is 2. The van der Waals surface area contributed by atoms with E-state index in [2.05, 4.69) is 5.32 Å². The summed E-state index contributed by atoms with van der Waals surface area (Å²) in [6, 6.07) is -0.152. The van der Waals surface area contributed by atoms with E-state index in [0.29, 0.717) is 13.2 Å². The van der Waals surface area contributed by atoms with Crippen LogP contribution < -0.4 is 11.1 Å². The van der Waals surface area contributed by atoms with Crippen LogP contribution in [-0.2, 0) is 9.47 Å². The summed E-state index contributed by atoms with van der Waals surface area (Å²) in [4.78, 5) is 11.4. The average Bonchev–Trinajstić information content (AvgIpc) is 1.95. The number of carbonyl (C=O) groups is 1. The molecule has 15 heavy (non-hydrogen) atoms. The molecule has 0 unspecified atom stereocenters. The van der Waals surface area contributed by atoms with Gasteiger partial charge in [0.1, 0.15) is 5.60 Å². The zero-order valence-electron chi connectivity index (χ0n) is 9.79. The van der Waals surface area contributed by atoms with E-state index in [-0.39, 0.29) is 6.04 Å². The van der Waals surface area contributed by atoms with E-state index in [1.165, 1.54) is 0 Å². The molecular formula is C10H20N2O3. The molecule has 1 saturated heterocycles. The predicted octanol–water partition coefficient (Wildman–Crippen LogP) is 0.627. The van der Waals surface area contributed by atoms with Crippen molar-refractivity contribution in [1.29, 1.82) is 0 Å². The van der Waals surface area contributed by atoms with Gasteiger partial charge in [0.25, 0.3) is 0 Å². The van der Waals surface area contributed by atoms with Crippen molar-refractivity contribution in [3.63, 3.8) is 0 Å². The molecular weight excluding hydrogens is 196 g/mol. The predicted molar refractivity (Wildman–Crippen MR) is 56.6 cm³/mol. The van der Waals surface area contributed by atoms with E-state index < -0.39 is 17.2 Å². The second-order valence-corrected chi connectivity index (χ2v) is 5.09. The minimum Gasteiger partial charge on any atom is -0.444 e. The summed E-state index contributed by atoms with van der Waals surface area (Å²) < 4.78 is 10.2. The second-order valence-electron chi connectivity index (χ2n) is 5.09. The van der Waals surface area contributed by atoms with Crippen molar-refractivity contribution >= 4 is 6.09 Å². The summed E-state index contributed by atoms with van der Waals surface area (Å²) in [5.41, 5.74) is 5.03. The molecule has 0 aromatic carbocycles. The maximum atomic E-state index is 11.4. The average molecular weight is 216 g/mol. The molecule has 5 nitrogen and oxygen atoms in total. The third-order valence-electron chi connectivity index (χ3n) is 2.34. The van der Waals surface area contributed by atoms with Gasteiger partial charge in [-0.25, -0.2) is 4.79 Å². The Bertz CT molecular complexity index is 244. The Balaban J connectivity index is 2.38. The standard InChI is InChI=1S/C10H20N2O3/c1-7(10(11)5-14-6-10)12-8(13)15-9(2,3)4/h7H,5-6,11H2,1-4H3,(H,12,13)/t7-/m0/s1. The SMILES string of the molecule is C[C@H](NC(=O)OC(C)(C)C)C1(N)COC1. The van der Waals surface area contributed by atoms with Gasteiger partial charge >= 0.3 is 6.09 Å². The highest BCUT2D eigenvalue weighted by Gasteiger charge is 2.40. The van der Waals surface area contributed by atoms with Gasteiger partial charge in [-0.3, -0.25) is 0 Å². The molecule has 1 heterocycles. The number of hydrogen-bond acceptors (Lipinski definition) is 4. The Morgan fingerprint density at radius 1 is 1.53 bits per heavy atom. The van der Waals surface area contributed by atoms with Crippen LogP contribution in [0, 0.1) is 0 Å². The van der Waals surface area contributed by atoms with E-state index in [0.717, 1.165) is 0 Å². The first kappa shape index (κ1) is 12.3. The zero-order valence-corrected chi connectivity index (χ0v) is 9.79. The minimum absolute atomic E-state index is 0.152. The molecule has 3 N–H and O–H groups in total. The van der Waals surface area contributed by atoms with Crippen LogP contribution >= 0.6 is 0 Å². The lowest BCUT2D eigenvalue weighted by molar-refractivity contribution is -0.0690. The Kier molecular flexibility index (Phi) is 3.25. The number of amides is 1. The first-order chi connectivity index (χ1) is 6.73. The van der Waals surface area contributed by atoms with Gasteiger partial charge in [0.15, 0.2) is 0 Å². The van der Waals surface area contributed by atoms with Crippen molar-refractivity contribution < 1.29 is 14.3 Å². The fraction of sp³-hybridized carbons (Fsp3) is 0.900. The van der Waals surface area contributed by atoms with E-state index in [4.69, 9.17) is 15.2 Å². The quantitative estimate of drug-likeness (QED) is 0.710. The van der Waals surface area contributed by atoms with Gasteiger partial charge in [-0.2, -0.15) is 0 Å². The Morgan fingerprint density at radius 2 is 2.07 bits per heavy atom. The van der Waals surface area contributed by atoms with E-state index in [9.17, 15) is 4.79 Å². The lowest BCUT2D eigenvalue weighted by atomic mass is 9.90. The van der Waals surface area contributed by atoms with Crippen LogP contribution in [-0.4, -0.2) is 36.5 Å². The normalized spacial score (nSPS) is 21.4. The van der Waals surface area contributed by atoms with Gasteiger partial charge in [-0.15, -0.1) is 0 Å². The first-order valence-electron chi connectivity index (χ1n) is 5.09. The Labute approximate surface area is 90.3 Å². The lowest BCUT2D eigenvalue weighted by Crippen LogP contribution is -2.68. The summed E-state index contributed by atoms with van der Waals surface area (Å²) in [5, 5.41) is 2.71. The van der Waals surface area contributed by atoms with E-state index >= 15 is 0 Å². The van der Waals surface area contributed by atoms with Crippen LogP contribution in [0.5, 0.6) is 0 Å². The molecule has 5 heteroatoms. The van der Waals surface area contributed by atoms with Crippen LogP contribution in [0.3, 0.4) is 0 Å². The smallest absolute Gasteiger partial charge is 0.407 e. The van der Waals surface area contributed by atoms with Gasteiger partial charge in [-0.1, -0.05) is 0 Å². The number of carbonyl (C=O) groups excluding carboxylic acids is 1. The molecule has 0 aromatic heterocycles. The summed E-state index contributed by atoms with van der Waals surface area (Å²) in [6.45, 7) is 8.27. The highest BCUT2D eigenvalue weighted by atomic mass is 16.6. The first-order valence-corrected chi connectivity index (χ1v) is 5.09. The Morgan fingerprint density at radius 3 is 2.40 bits per heavy atom. The van der Waals surface area contributed by atoms with Crippen molar-refractivity contribution in [1.82, 2.24) is 5.32 Å². The fourth-order valence-corrected chi connectivity index (χ4v) is 1.22. The van der Waals surface area contributed by atoms with Crippen LogP contribution in [0.1, 0.15) is 27.7 Å². The molecule has 0 aliphatic carbocycles. The molecule has 0 saturated carbocycles. The summed E-state index contributed by atoms with van der Waals surface area (Å²) in [6.07, 6.45) is -0.438. The second kappa shape index (κ2) is 3.98. The molecule has 0 radical (unpaired) electrons. The van der Waals surface area contributed by atoms with Gasteiger partial charge in [0.2, 0.25) is 0 Å². The Hall–Kier alpha value is -0.810. The zero-order chi connectivity index (χ0) is 11.7. The van der Waals surface area contributed by atoms with Crippen LogP contribution in [0.4, 0.5) is 4.79 Å². The maximum Gasteiger partial charge on any atom is 0.407 e. The molecule has 1 aliphatic rings. The molecule has 1 fully saturated rings. The summed E-state index contributed by atoms with van der Waals surface area (Å²) in [7, 11) is 0. The topological polar surface area (TPSA) is 73.6 Å². The molecule has 1 aliphatic heterocycles. The van der Waals surface area contributed by atoms with Crippen molar-refractivity contribution in [3.05, 3.63) is 0 Å². The fourth-order valence-electron chi connectivity index (χ4n) is 1.22. The van der Waals surface area contributed by atoms with Gasteiger partial charge in [0, 0.05) is 0 Å². The molecule has 88 valence electrons.